The van der Waals surface area contributed by atoms with Crippen LogP contribution in [0.1, 0.15) is 23.7 Å². The van der Waals surface area contributed by atoms with Gasteiger partial charge in [-0.2, -0.15) is 0 Å². The van der Waals surface area contributed by atoms with Crippen molar-refractivity contribution in [2.75, 3.05) is 32.1 Å². The number of hydrogen-bond acceptors (Lipinski definition) is 4. The first-order valence-corrected chi connectivity index (χ1v) is 5.74. The zero-order chi connectivity index (χ0) is 12.5. The lowest BCUT2D eigenvalue weighted by Gasteiger charge is -2.10. The number of nitrogens with zero attached hydrogens (tertiary/aromatic N) is 1. The Morgan fingerprint density at radius 3 is 3.00 bits per heavy atom. The topological polar surface area (TPSA) is 63.2 Å². The largest absolute Gasteiger partial charge is 0.383 e. The number of nitrogens with one attached hydrogen (secondary N) is 2. The number of methoxy groups -OCH3 is 1. The summed E-state index contributed by atoms with van der Waals surface area (Å²) in [5.74, 6) is -0.108. The minimum absolute atomic E-state index is 0.108. The van der Waals surface area contributed by atoms with Crippen LogP contribution < -0.4 is 10.6 Å². The number of ether oxygens (including phenoxy) is 1. The first-order valence-electron chi connectivity index (χ1n) is 5.74. The van der Waals surface area contributed by atoms with Crippen molar-refractivity contribution >= 4 is 11.6 Å². The molecule has 0 atom stereocenters. The highest BCUT2D eigenvalue weighted by atomic mass is 16.5. The molecule has 1 rings (SSSR count). The molecule has 0 aliphatic heterocycles. The van der Waals surface area contributed by atoms with Gasteiger partial charge in [-0.15, -0.1) is 0 Å². The predicted molar refractivity (Wildman–Crippen MR) is 67.2 cm³/mol. The number of carbonyl (C=O) groups is 1. The molecule has 17 heavy (non-hydrogen) atoms. The third kappa shape index (κ3) is 4.40. The van der Waals surface area contributed by atoms with E-state index in [1.54, 1.807) is 25.6 Å². The van der Waals surface area contributed by atoms with Crippen LogP contribution in [0.2, 0.25) is 0 Å². The number of anilines is 1. The van der Waals surface area contributed by atoms with Crippen LogP contribution in [0.3, 0.4) is 0 Å². The molecule has 0 spiro atoms. The fourth-order valence-corrected chi connectivity index (χ4v) is 1.35. The Kier molecular flexibility index (Phi) is 6.03. The average molecular weight is 237 g/mol. The van der Waals surface area contributed by atoms with E-state index in [-0.39, 0.29) is 5.91 Å². The fourth-order valence-electron chi connectivity index (χ4n) is 1.35. The molecule has 0 saturated carbocycles. The Morgan fingerprint density at radius 1 is 1.47 bits per heavy atom. The maximum Gasteiger partial charge on any atom is 0.253 e. The number of hydrogen-bond donors (Lipinski definition) is 2. The Balaban J connectivity index is 2.64. The Morgan fingerprint density at radius 2 is 2.29 bits per heavy atom. The molecule has 0 aromatic carbocycles. The Bertz CT molecular complexity index is 355. The van der Waals surface area contributed by atoms with E-state index in [2.05, 4.69) is 22.5 Å². The second-order valence-electron chi connectivity index (χ2n) is 3.60. The molecule has 1 aromatic heterocycles. The highest BCUT2D eigenvalue weighted by Gasteiger charge is 2.09. The van der Waals surface area contributed by atoms with Crippen molar-refractivity contribution in [1.82, 2.24) is 10.3 Å². The molecule has 0 radical (unpaired) electrons. The Labute approximate surface area is 102 Å². The molecule has 1 heterocycles. The number of pyridine rings is 1. The lowest BCUT2D eigenvalue weighted by atomic mass is 10.2. The van der Waals surface area contributed by atoms with Gasteiger partial charge in [-0.1, -0.05) is 6.92 Å². The maximum atomic E-state index is 11.9. The average Bonchev–Trinajstić information content (AvgIpc) is 2.37. The molecule has 0 saturated heterocycles. The number of amides is 1. The lowest BCUT2D eigenvalue weighted by molar-refractivity contribution is 0.0938. The molecule has 0 fully saturated rings. The summed E-state index contributed by atoms with van der Waals surface area (Å²) in [7, 11) is 1.60. The molecule has 94 valence electrons. The number of rotatable bonds is 7. The Hall–Kier alpha value is -1.62. The zero-order valence-corrected chi connectivity index (χ0v) is 10.3. The molecule has 0 aliphatic carbocycles. The van der Waals surface area contributed by atoms with E-state index in [0.29, 0.717) is 18.7 Å². The summed E-state index contributed by atoms with van der Waals surface area (Å²) >= 11 is 0. The molecule has 0 unspecified atom stereocenters. The summed E-state index contributed by atoms with van der Waals surface area (Å²) in [6.07, 6.45) is 4.28. The number of aromatic nitrogens is 1. The van der Waals surface area contributed by atoms with Gasteiger partial charge >= 0.3 is 0 Å². The van der Waals surface area contributed by atoms with E-state index in [4.69, 9.17) is 4.74 Å². The van der Waals surface area contributed by atoms with Crippen LogP contribution in [0.15, 0.2) is 18.5 Å². The van der Waals surface area contributed by atoms with Crippen LogP contribution in [-0.4, -0.2) is 37.7 Å². The van der Waals surface area contributed by atoms with Gasteiger partial charge in [-0.05, 0) is 12.5 Å². The summed E-state index contributed by atoms with van der Waals surface area (Å²) in [5.41, 5.74) is 1.38. The van der Waals surface area contributed by atoms with Crippen LogP contribution in [0, 0.1) is 0 Å². The van der Waals surface area contributed by atoms with Crippen molar-refractivity contribution < 1.29 is 9.53 Å². The summed E-state index contributed by atoms with van der Waals surface area (Å²) in [6.45, 7) is 3.91. The van der Waals surface area contributed by atoms with E-state index in [9.17, 15) is 4.79 Å². The maximum absolute atomic E-state index is 11.9. The van der Waals surface area contributed by atoms with Gasteiger partial charge in [0.15, 0.2) is 0 Å². The van der Waals surface area contributed by atoms with E-state index < -0.39 is 0 Å². The monoisotopic (exact) mass is 237 g/mol. The first kappa shape index (κ1) is 13.4. The molecule has 1 aromatic rings. The third-order valence-corrected chi connectivity index (χ3v) is 2.22. The van der Waals surface area contributed by atoms with Crippen molar-refractivity contribution in [3.8, 4) is 0 Å². The summed E-state index contributed by atoms with van der Waals surface area (Å²) < 4.78 is 4.88. The molecular weight excluding hydrogens is 218 g/mol. The van der Waals surface area contributed by atoms with Crippen molar-refractivity contribution in [3.05, 3.63) is 24.0 Å². The minimum Gasteiger partial charge on any atom is -0.383 e. The predicted octanol–water partition coefficient (Wildman–Crippen LogP) is 1.28. The number of carbonyl (C=O) groups excluding carboxylic acids is 1. The van der Waals surface area contributed by atoms with Gasteiger partial charge in [0, 0.05) is 26.4 Å². The summed E-state index contributed by atoms with van der Waals surface area (Å²) in [4.78, 5) is 15.9. The zero-order valence-electron chi connectivity index (χ0n) is 10.3. The van der Waals surface area contributed by atoms with E-state index in [0.717, 1.165) is 18.7 Å². The van der Waals surface area contributed by atoms with Gasteiger partial charge in [0.25, 0.3) is 5.91 Å². The highest BCUT2D eigenvalue weighted by molar-refractivity contribution is 5.99. The summed E-state index contributed by atoms with van der Waals surface area (Å²) in [5, 5.41) is 5.96. The van der Waals surface area contributed by atoms with Crippen molar-refractivity contribution in [2.45, 2.75) is 13.3 Å². The molecule has 0 bridgehead atoms. The molecule has 2 N–H and O–H groups in total. The van der Waals surface area contributed by atoms with E-state index in [1.807, 2.05) is 0 Å². The van der Waals surface area contributed by atoms with Crippen molar-refractivity contribution in [2.24, 2.45) is 0 Å². The molecule has 5 heteroatoms. The van der Waals surface area contributed by atoms with Crippen molar-refractivity contribution in [3.63, 3.8) is 0 Å². The van der Waals surface area contributed by atoms with Gasteiger partial charge in [0.05, 0.1) is 24.1 Å². The minimum atomic E-state index is -0.108. The molecule has 5 nitrogen and oxygen atoms in total. The van der Waals surface area contributed by atoms with Gasteiger partial charge in [0.1, 0.15) is 0 Å². The third-order valence-electron chi connectivity index (χ3n) is 2.22. The molecule has 1 amide bonds. The standard InChI is InChI=1S/C12H19N3O2/c1-3-5-14-11-9-13-6-4-10(11)12(16)15-7-8-17-2/h4,6,9,14H,3,5,7-8H2,1-2H3,(H,15,16). The van der Waals surface area contributed by atoms with E-state index in [1.165, 1.54) is 0 Å². The van der Waals surface area contributed by atoms with Crippen LogP contribution in [-0.2, 0) is 4.74 Å². The quantitative estimate of drug-likeness (QED) is 0.701. The van der Waals surface area contributed by atoms with Crippen LogP contribution in [0.5, 0.6) is 0 Å². The van der Waals surface area contributed by atoms with Gasteiger partial charge in [-0.3, -0.25) is 9.78 Å². The van der Waals surface area contributed by atoms with Gasteiger partial charge in [0.2, 0.25) is 0 Å². The lowest BCUT2D eigenvalue weighted by Crippen LogP contribution is -2.27. The normalized spacial score (nSPS) is 10.0. The van der Waals surface area contributed by atoms with Crippen LogP contribution >= 0.6 is 0 Å². The first-order chi connectivity index (χ1) is 8.29. The van der Waals surface area contributed by atoms with Crippen LogP contribution in [0.4, 0.5) is 5.69 Å². The fraction of sp³-hybridized carbons (Fsp3) is 0.500. The van der Waals surface area contributed by atoms with E-state index >= 15 is 0 Å². The second-order valence-corrected chi connectivity index (χ2v) is 3.60. The molecule has 0 aliphatic rings. The molecular formula is C12H19N3O2. The highest BCUT2D eigenvalue weighted by Crippen LogP contribution is 2.12. The smallest absolute Gasteiger partial charge is 0.253 e. The second kappa shape index (κ2) is 7.62. The van der Waals surface area contributed by atoms with Crippen molar-refractivity contribution in [1.29, 1.82) is 0 Å². The van der Waals surface area contributed by atoms with Crippen LogP contribution in [0.25, 0.3) is 0 Å². The van der Waals surface area contributed by atoms with Gasteiger partial charge < -0.3 is 15.4 Å². The SMILES string of the molecule is CCCNc1cnccc1C(=O)NCCOC. The summed E-state index contributed by atoms with van der Waals surface area (Å²) in [6, 6.07) is 1.71. The van der Waals surface area contributed by atoms with Gasteiger partial charge in [-0.25, -0.2) is 0 Å².